The molecule has 2 aromatic carbocycles. The second-order valence-electron chi connectivity index (χ2n) is 7.20. The van der Waals surface area contributed by atoms with Crippen molar-refractivity contribution in [2.24, 2.45) is 14.1 Å². The van der Waals surface area contributed by atoms with E-state index in [1.54, 1.807) is 31.3 Å². The van der Waals surface area contributed by atoms with E-state index in [9.17, 15) is 14.4 Å². The zero-order valence-corrected chi connectivity index (χ0v) is 18.1. The van der Waals surface area contributed by atoms with Gasteiger partial charge in [0.25, 0.3) is 5.56 Å². The lowest BCUT2D eigenvalue weighted by molar-refractivity contribution is 0.102. The molecular formula is C23H20N4O3S. The number of aryl methyl sites for hydroxylation is 2. The third kappa shape index (κ3) is 3.94. The normalized spacial score (nSPS) is 11.1. The van der Waals surface area contributed by atoms with Gasteiger partial charge in [0.05, 0.1) is 5.75 Å². The Kier molecular flexibility index (Phi) is 5.56. The number of Topliss-reactive ketones (excluding diaryl/α,β-unsaturated/α-hetero) is 1. The van der Waals surface area contributed by atoms with Crippen LogP contribution in [0.1, 0.15) is 15.9 Å². The van der Waals surface area contributed by atoms with E-state index in [0.717, 1.165) is 15.7 Å². The second-order valence-corrected chi connectivity index (χ2v) is 8.17. The molecule has 0 saturated carbocycles. The lowest BCUT2D eigenvalue weighted by Gasteiger charge is -2.12. The highest BCUT2D eigenvalue weighted by atomic mass is 32.2. The summed E-state index contributed by atoms with van der Waals surface area (Å²) in [6.45, 7) is 1.96. The van der Waals surface area contributed by atoms with E-state index in [4.69, 9.17) is 0 Å². The molecule has 0 aliphatic carbocycles. The van der Waals surface area contributed by atoms with Crippen LogP contribution >= 0.6 is 11.8 Å². The first-order valence-corrected chi connectivity index (χ1v) is 10.6. The molecule has 31 heavy (non-hydrogen) atoms. The Balaban J connectivity index is 1.88. The van der Waals surface area contributed by atoms with Gasteiger partial charge < -0.3 is 0 Å². The van der Waals surface area contributed by atoms with Crippen molar-refractivity contribution >= 4 is 28.6 Å². The summed E-state index contributed by atoms with van der Waals surface area (Å²) in [5, 5.41) is 0.605. The molecule has 0 amide bonds. The van der Waals surface area contributed by atoms with Crippen LogP contribution in [0.5, 0.6) is 0 Å². The number of carbonyl (C=O) groups excluding carboxylic acids is 1. The molecule has 0 aliphatic rings. The Hall–Kier alpha value is -3.52. The van der Waals surface area contributed by atoms with Gasteiger partial charge in [0, 0.05) is 25.2 Å². The molecular weight excluding hydrogens is 412 g/mol. The van der Waals surface area contributed by atoms with Gasteiger partial charge in [0.2, 0.25) is 0 Å². The van der Waals surface area contributed by atoms with E-state index in [1.165, 1.54) is 23.4 Å². The molecule has 2 aromatic heterocycles. The molecule has 4 rings (SSSR count). The molecule has 8 heteroatoms. The number of fused-ring (bicyclic) bond motifs is 1. The van der Waals surface area contributed by atoms with E-state index in [0.29, 0.717) is 16.4 Å². The SMILES string of the molecule is Cc1cccc(-c2nc(SCC(=O)c3ccccc3)c3c(=O)n(C)c(=O)n(C)c3n2)c1. The van der Waals surface area contributed by atoms with E-state index >= 15 is 0 Å². The van der Waals surface area contributed by atoms with Crippen LogP contribution in [-0.2, 0) is 14.1 Å². The van der Waals surface area contributed by atoms with Crippen LogP contribution in [0, 0.1) is 6.92 Å². The average molecular weight is 433 g/mol. The predicted octanol–water partition coefficient (Wildman–Crippen LogP) is 2.98. The molecule has 2 heterocycles. The highest BCUT2D eigenvalue weighted by molar-refractivity contribution is 8.00. The number of aromatic nitrogens is 4. The molecule has 0 N–H and O–H groups in total. The predicted molar refractivity (Wildman–Crippen MR) is 122 cm³/mol. The van der Waals surface area contributed by atoms with Crippen molar-refractivity contribution in [2.45, 2.75) is 11.9 Å². The van der Waals surface area contributed by atoms with Crippen molar-refractivity contribution < 1.29 is 4.79 Å². The first-order chi connectivity index (χ1) is 14.9. The van der Waals surface area contributed by atoms with Gasteiger partial charge in [-0.05, 0) is 13.0 Å². The monoisotopic (exact) mass is 432 g/mol. The van der Waals surface area contributed by atoms with Crippen LogP contribution in [0.4, 0.5) is 0 Å². The molecule has 7 nitrogen and oxygen atoms in total. The molecule has 0 unspecified atom stereocenters. The smallest absolute Gasteiger partial charge is 0.293 e. The van der Waals surface area contributed by atoms with Crippen LogP contribution in [0.2, 0.25) is 0 Å². The lowest BCUT2D eigenvalue weighted by atomic mass is 10.1. The molecule has 0 bridgehead atoms. The van der Waals surface area contributed by atoms with Gasteiger partial charge in [-0.25, -0.2) is 14.8 Å². The lowest BCUT2D eigenvalue weighted by Crippen LogP contribution is -2.37. The minimum Gasteiger partial charge on any atom is -0.293 e. The van der Waals surface area contributed by atoms with Gasteiger partial charge in [0.15, 0.2) is 17.3 Å². The van der Waals surface area contributed by atoms with E-state index in [2.05, 4.69) is 9.97 Å². The summed E-state index contributed by atoms with van der Waals surface area (Å²) in [5.74, 6) is 0.431. The number of hydrogen-bond acceptors (Lipinski definition) is 6. The van der Waals surface area contributed by atoms with Crippen LogP contribution in [0.25, 0.3) is 22.4 Å². The summed E-state index contributed by atoms with van der Waals surface area (Å²) in [5.41, 5.74) is 1.69. The molecule has 0 spiro atoms. The molecule has 0 fully saturated rings. The van der Waals surface area contributed by atoms with Gasteiger partial charge in [-0.2, -0.15) is 0 Å². The highest BCUT2D eigenvalue weighted by Crippen LogP contribution is 2.27. The van der Waals surface area contributed by atoms with Gasteiger partial charge in [0.1, 0.15) is 10.4 Å². The molecule has 0 saturated heterocycles. The second kappa shape index (κ2) is 8.31. The molecule has 156 valence electrons. The first-order valence-electron chi connectivity index (χ1n) is 9.62. The average Bonchev–Trinajstić information content (AvgIpc) is 2.79. The largest absolute Gasteiger partial charge is 0.332 e. The van der Waals surface area contributed by atoms with Gasteiger partial charge in [-0.1, -0.05) is 65.9 Å². The Labute approximate surface area is 182 Å². The summed E-state index contributed by atoms with van der Waals surface area (Å²) >= 11 is 1.17. The van der Waals surface area contributed by atoms with Crippen molar-refractivity contribution in [3.8, 4) is 11.4 Å². The summed E-state index contributed by atoms with van der Waals surface area (Å²) in [7, 11) is 2.99. The molecule has 4 aromatic rings. The molecule has 0 radical (unpaired) electrons. The minimum atomic E-state index is -0.483. The van der Waals surface area contributed by atoms with Crippen LogP contribution in [0.3, 0.4) is 0 Å². The maximum absolute atomic E-state index is 12.9. The van der Waals surface area contributed by atoms with Crippen LogP contribution < -0.4 is 11.2 Å². The third-order valence-electron chi connectivity index (χ3n) is 4.98. The van der Waals surface area contributed by atoms with E-state index in [-0.39, 0.29) is 22.6 Å². The number of ketones is 1. The van der Waals surface area contributed by atoms with Crippen molar-refractivity contribution in [3.63, 3.8) is 0 Å². The maximum atomic E-state index is 12.9. The fourth-order valence-corrected chi connectivity index (χ4v) is 4.20. The zero-order chi connectivity index (χ0) is 22.1. The number of rotatable bonds is 5. The number of hydrogen-bond donors (Lipinski definition) is 0. The summed E-state index contributed by atoms with van der Waals surface area (Å²) < 4.78 is 2.36. The fourth-order valence-electron chi connectivity index (χ4n) is 3.29. The highest BCUT2D eigenvalue weighted by Gasteiger charge is 2.19. The standard InChI is InChI=1S/C23H20N4O3S/c1-14-8-7-11-16(12-14)19-24-20-18(22(29)27(3)23(30)26(20)2)21(25-19)31-13-17(28)15-9-5-4-6-10-15/h4-12H,13H2,1-3H3. The quantitative estimate of drug-likeness (QED) is 0.274. The number of carbonyl (C=O) groups is 1. The zero-order valence-electron chi connectivity index (χ0n) is 17.3. The van der Waals surface area contributed by atoms with Crippen molar-refractivity contribution in [1.29, 1.82) is 0 Å². The number of nitrogens with zero attached hydrogens (tertiary/aromatic N) is 4. The summed E-state index contributed by atoms with van der Waals surface area (Å²) in [4.78, 5) is 47.2. The molecule has 0 atom stereocenters. The fraction of sp³-hybridized carbons (Fsp3) is 0.174. The summed E-state index contributed by atoms with van der Waals surface area (Å²) in [6.07, 6.45) is 0. The van der Waals surface area contributed by atoms with Gasteiger partial charge in [-0.3, -0.25) is 18.7 Å². The third-order valence-corrected chi connectivity index (χ3v) is 5.95. The Bertz CT molecular complexity index is 1420. The van der Waals surface area contributed by atoms with Gasteiger partial charge in [-0.15, -0.1) is 0 Å². The topological polar surface area (TPSA) is 86.9 Å². The van der Waals surface area contributed by atoms with Crippen molar-refractivity contribution in [3.05, 3.63) is 86.6 Å². The van der Waals surface area contributed by atoms with Crippen molar-refractivity contribution in [2.75, 3.05) is 5.75 Å². The Morgan fingerprint density at radius 1 is 0.968 bits per heavy atom. The molecule has 0 aliphatic heterocycles. The van der Waals surface area contributed by atoms with Gasteiger partial charge >= 0.3 is 5.69 Å². The van der Waals surface area contributed by atoms with E-state index < -0.39 is 11.2 Å². The number of thioether (sulfide) groups is 1. The number of benzene rings is 2. The maximum Gasteiger partial charge on any atom is 0.332 e. The first kappa shape index (κ1) is 20.7. The Morgan fingerprint density at radius 2 is 1.71 bits per heavy atom. The van der Waals surface area contributed by atoms with Crippen molar-refractivity contribution in [1.82, 2.24) is 19.1 Å². The van der Waals surface area contributed by atoms with E-state index in [1.807, 2.05) is 37.3 Å². The Morgan fingerprint density at radius 3 is 2.42 bits per heavy atom. The van der Waals surface area contributed by atoms with Crippen LogP contribution in [0.15, 0.2) is 69.2 Å². The van der Waals surface area contributed by atoms with Crippen LogP contribution in [-0.4, -0.2) is 30.6 Å². The minimum absolute atomic E-state index is 0.0730. The summed E-state index contributed by atoms with van der Waals surface area (Å²) in [6, 6.07) is 16.6.